The highest BCUT2D eigenvalue weighted by Gasteiger charge is 2.01. The first-order chi connectivity index (χ1) is 9.29. The highest BCUT2D eigenvalue weighted by molar-refractivity contribution is 5.41. The molecule has 0 radical (unpaired) electrons. The van der Waals surface area contributed by atoms with Gasteiger partial charge in [-0.05, 0) is 18.2 Å². The molecular weight excluding hydrogens is 243 g/mol. The molecular formula is C16H13FO2. The summed E-state index contributed by atoms with van der Waals surface area (Å²) in [6, 6.07) is 13.5. The van der Waals surface area contributed by atoms with Crippen molar-refractivity contribution in [2.24, 2.45) is 0 Å². The van der Waals surface area contributed by atoms with Crippen LogP contribution >= 0.6 is 0 Å². The molecule has 2 aromatic rings. The van der Waals surface area contributed by atoms with Gasteiger partial charge in [0.15, 0.2) is 0 Å². The van der Waals surface area contributed by atoms with E-state index in [1.807, 2.05) is 24.3 Å². The van der Waals surface area contributed by atoms with Gasteiger partial charge in [0, 0.05) is 17.2 Å². The molecule has 3 heteroatoms. The van der Waals surface area contributed by atoms with E-state index >= 15 is 0 Å². The molecule has 0 fully saturated rings. The SMILES string of the molecule is OCC#Cc1ccccc1COc1cccc(F)c1. The molecule has 1 N–H and O–H groups in total. The lowest BCUT2D eigenvalue weighted by Crippen LogP contribution is -1.98. The Balaban J connectivity index is 2.11. The van der Waals surface area contributed by atoms with Crippen molar-refractivity contribution in [1.29, 1.82) is 0 Å². The summed E-state index contributed by atoms with van der Waals surface area (Å²) in [5.74, 6) is 5.61. The number of benzene rings is 2. The number of aliphatic hydroxyl groups is 1. The summed E-state index contributed by atoms with van der Waals surface area (Å²) in [6.45, 7) is 0.124. The van der Waals surface area contributed by atoms with Crippen molar-refractivity contribution in [3.63, 3.8) is 0 Å². The quantitative estimate of drug-likeness (QED) is 0.856. The van der Waals surface area contributed by atoms with E-state index in [1.54, 1.807) is 12.1 Å². The first kappa shape index (κ1) is 13.1. The van der Waals surface area contributed by atoms with Crippen molar-refractivity contribution in [3.8, 4) is 17.6 Å². The summed E-state index contributed by atoms with van der Waals surface area (Å²) in [6.07, 6.45) is 0. The van der Waals surface area contributed by atoms with Gasteiger partial charge < -0.3 is 9.84 Å². The summed E-state index contributed by atoms with van der Waals surface area (Å²) in [7, 11) is 0. The van der Waals surface area contributed by atoms with Crippen LogP contribution in [0, 0.1) is 17.7 Å². The fraction of sp³-hybridized carbons (Fsp3) is 0.125. The Hall–Kier alpha value is -2.31. The van der Waals surface area contributed by atoms with Crippen molar-refractivity contribution < 1.29 is 14.2 Å². The van der Waals surface area contributed by atoms with E-state index < -0.39 is 0 Å². The van der Waals surface area contributed by atoms with E-state index in [4.69, 9.17) is 9.84 Å². The fourth-order valence-electron chi connectivity index (χ4n) is 1.62. The standard InChI is InChI=1S/C16H13FO2/c17-15-8-3-9-16(11-15)19-12-14-6-2-1-5-13(14)7-4-10-18/h1-3,5-6,8-9,11,18H,10,12H2. The van der Waals surface area contributed by atoms with Crippen LogP contribution in [0.1, 0.15) is 11.1 Å². The Labute approximate surface area is 111 Å². The van der Waals surface area contributed by atoms with Gasteiger partial charge in [-0.2, -0.15) is 0 Å². The monoisotopic (exact) mass is 256 g/mol. The Bertz CT molecular complexity index is 611. The van der Waals surface area contributed by atoms with E-state index in [1.165, 1.54) is 12.1 Å². The Morgan fingerprint density at radius 2 is 1.95 bits per heavy atom. The van der Waals surface area contributed by atoms with Gasteiger partial charge in [0.25, 0.3) is 0 Å². The molecule has 0 aliphatic rings. The predicted molar refractivity (Wildman–Crippen MR) is 71.1 cm³/mol. The topological polar surface area (TPSA) is 29.5 Å². The Kier molecular flexibility index (Phi) is 4.54. The number of aliphatic hydroxyl groups excluding tert-OH is 1. The molecule has 0 saturated carbocycles. The molecule has 0 heterocycles. The van der Waals surface area contributed by atoms with Crippen LogP contribution in [-0.4, -0.2) is 11.7 Å². The molecule has 0 aliphatic heterocycles. The zero-order chi connectivity index (χ0) is 13.5. The first-order valence-electron chi connectivity index (χ1n) is 5.85. The van der Waals surface area contributed by atoms with Crippen molar-refractivity contribution >= 4 is 0 Å². The molecule has 2 nitrogen and oxygen atoms in total. The Morgan fingerprint density at radius 1 is 1.11 bits per heavy atom. The molecule has 0 atom stereocenters. The summed E-state index contributed by atoms with van der Waals surface area (Å²) in [4.78, 5) is 0. The van der Waals surface area contributed by atoms with E-state index in [0.717, 1.165) is 11.1 Å². The van der Waals surface area contributed by atoms with Gasteiger partial charge in [0.05, 0.1) is 0 Å². The first-order valence-corrected chi connectivity index (χ1v) is 5.85. The summed E-state index contributed by atoms with van der Waals surface area (Å²) < 4.78 is 18.5. The fourth-order valence-corrected chi connectivity index (χ4v) is 1.62. The second-order valence-electron chi connectivity index (χ2n) is 3.86. The average Bonchev–Trinajstić information content (AvgIpc) is 2.44. The van der Waals surface area contributed by atoms with E-state index in [9.17, 15) is 4.39 Å². The summed E-state index contributed by atoms with van der Waals surface area (Å²) >= 11 is 0. The van der Waals surface area contributed by atoms with Gasteiger partial charge in [-0.25, -0.2) is 4.39 Å². The minimum atomic E-state index is -0.328. The predicted octanol–water partition coefficient (Wildman–Crippen LogP) is 2.75. The van der Waals surface area contributed by atoms with E-state index in [-0.39, 0.29) is 12.4 Å². The maximum atomic E-state index is 13.0. The van der Waals surface area contributed by atoms with Crippen molar-refractivity contribution in [1.82, 2.24) is 0 Å². The zero-order valence-electron chi connectivity index (χ0n) is 10.3. The minimum absolute atomic E-state index is 0.181. The second-order valence-corrected chi connectivity index (χ2v) is 3.86. The third kappa shape index (κ3) is 3.84. The zero-order valence-corrected chi connectivity index (χ0v) is 10.3. The van der Waals surface area contributed by atoms with Gasteiger partial charge >= 0.3 is 0 Å². The van der Waals surface area contributed by atoms with Crippen molar-refractivity contribution in [2.45, 2.75) is 6.61 Å². The molecule has 19 heavy (non-hydrogen) atoms. The lowest BCUT2D eigenvalue weighted by molar-refractivity contribution is 0.304. The Morgan fingerprint density at radius 3 is 2.74 bits per heavy atom. The normalized spacial score (nSPS) is 9.58. The smallest absolute Gasteiger partial charge is 0.126 e. The highest BCUT2D eigenvalue weighted by Crippen LogP contribution is 2.15. The second kappa shape index (κ2) is 6.58. The van der Waals surface area contributed by atoms with Crippen LogP contribution in [0.25, 0.3) is 0 Å². The summed E-state index contributed by atoms with van der Waals surface area (Å²) in [5, 5.41) is 8.71. The molecule has 2 aromatic carbocycles. The summed E-state index contributed by atoms with van der Waals surface area (Å²) in [5.41, 5.74) is 1.70. The number of halogens is 1. The molecule has 96 valence electrons. The number of hydrogen-bond donors (Lipinski definition) is 1. The van der Waals surface area contributed by atoms with Gasteiger partial charge in [-0.1, -0.05) is 36.1 Å². The van der Waals surface area contributed by atoms with Crippen LogP contribution in [0.4, 0.5) is 4.39 Å². The van der Waals surface area contributed by atoms with Crippen molar-refractivity contribution in [3.05, 3.63) is 65.5 Å². The van der Waals surface area contributed by atoms with Crippen LogP contribution < -0.4 is 4.74 Å². The van der Waals surface area contributed by atoms with Gasteiger partial charge in [0.2, 0.25) is 0 Å². The van der Waals surface area contributed by atoms with Crippen LogP contribution in [-0.2, 0) is 6.61 Å². The number of ether oxygens (including phenoxy) is 1. The highest BCUT2D eigenvalue weighted by atomic mass is 19.1. The van der Waals surface area contributed by atoms with Crippen molar-refractivity contribution in [2.75, 3.05) is 6.61 Å². The molecule has 0 aliphatic carbocycles. The van der Waals surface area contributed by atoms with E-state index in [0.29, 0.717) is 12.4 Å². The maximum absolute atomic E-state index is 13.0. The molecule has 0 bridgehead atoms. The van der Waals surface area contributed by atoms with E-state index in [2.05, 4.69) is 11.8 Å². The average molecular weight is 256 g/mol. The molecule has 0 spiro atoms. The lowest BCUT2D eigenvalue weighted by Gasteiger charge is -2.08. The lowest BCUT2D eigenvalue weighted by atomic mass is 10.1. The van der Waals surface area contributed by atoms with Crippen LogP contribution in [0.5, 0.6) is 5.75 Å². The number of hydrogen-bond acceptors (Lipinski definition) is 2. The minimum Gasteiger partial charge on any atom is -0.489 e. The maximum Gasteiger partial charge on any atom is 0.126 e. The van der Waals surface area contributed by atoms with Gasteiger partial charge in [-0.3, -0.25) is 0 Å². The third-order valence-electron chi connectivity index (χ3n) is 2.51. The number of rotatable bonds is 3. The molecule has 0 amide bonds. The molecule has 0 aromatic heterocycles. The molecule has 0 saturated heterocycles. The van der Waals surface area contributed by atoms with Crippen LogP contribution in [0.2, 0.25) is 0 Å². The third-order valence-corrected chi connectivity index (χ3v) is 2.51. The van der Waals surface area contributed by atoms with Gasteiger partial charge in [-0.15, -0.1) is 0 Å². The van der Waals surface area contributed by atoms with Crippen LogP contribution in [0.3, 0.4) is 0 Å². The van der Waals surface area contributed by atoms with Gasteiger partial charge in [0.1, 0.15) is 24.8 Å². The largest absolute Gasteiger partial charge is 0.489 e. The van der Waals surface area contributed by atoms with Crippen LogP contribution in [0.15, 0.2) is 48.5 Å². The molecule has 2 rings (SSSR count). The molecule has 0 unspecified atom stereocenters.